The highest BCUT2D eigenvalue weighted by atomic mass is 19.1. The van der Waals surface area contributed by atoms with Crippen LogP contribution in [0.4, 0.5) is 10.1 Å². The number of rotatable bonds is 1. The SMILES string of the molecule is CF.Nc1cccn(C2CC2)c1=O. The van der Waals surface area contributed by atoms with Gasteiger partial charge in [-0.25, -0.2) is 0 Å². The molecule has 3 nitrogen and oxygen atoms in total. The van der Waals surface area contributed by atoms with Gasteiger partial charge in [0.15, 0.2) is 0 Å². The summed E-state index contributed by atoms with van der Waals surface area (Å²) in [5.74, 6) is 0. The van der Waals surface area contributed by atoms with Crippen LogP contribution in [-0.2, 0) is 0 Å². The van der Waals surface area contributed by atoms with Crippen molar-refractivity contribution in [1.82, 2.24) is 4.57 Å². The summed E-state index contributed by atoms with van der Waals surface area (Å²) < 4.78 is 11.2. The van der Waals surface area contributed by atoms with E-state index in [2.05, 4.69) is 0 Å². The van der Waals surface area contributed by atoms with E-state index in [1.54, 1.807) is 16.8 Å². The van der Waals surface area contributed by atoms with Gasteiger partial charge in [-0.05, 0) is 25.0 Å². The van der Waals surface area contributed by atoms with E-state index in [1.165, 1.54) is 0 Å². The van der Waals surface area contributed by atoms with Gasteiger partial charge in [0.2, 0.25) is 0 Å². The summed E-state index contributed by atoms with van der Waals surface area (Å²) in [6.07, 6.45) is 4.03. The molecule has 1 aliphatic carbocycles. The molecule has 72 valence electrons. The maximum absolute atomic E-state index is 11.3. The maximum Gasteiger partial charge on any atom is 0.273 e. The zero-order chi connectivity index (χ0) is 9.84. The summed E-state index contributed by atoms with van der Waals surface area (Å²) in [6.45, 7) is 0. The Morgan fingerprint density at radius 1 is 1.54 bits per heavy atom. The van der Waals surface area contributed by atoms with Crippen LogP contribution in [0, 0.1) is 0 Å². The van der Waals surface area contributed by atoms with Crippen LogP contribution >= 0.6 is 0 Å². The van der Waals surface area contributed by atoms with E-state index in [-0.39, 0.29) is 5.56 Å². The number of aromatic nitrogens is 1. The summed E-state index contributed by atoms with van der Waals surface area (Å²) in [5, 5.41) is 0. The molecule has 1 aromatic rings. The number of anilines is 1. The van der Waals surface area contributed by atoms with Crippen LogP contribution in [0.5, 0.6) is 0 Å². The maximum atomic E-state index is 11.3. The van der Waals surface area contributed by atoms with E-state index in [0.29, 0.717) is 18.9 Å². The molecule has 0 bridgehead atoms. The first-order valence-electron chi connectivity index (χ1n) is 4.13. The summed E-state index contributed by atoms with van der Waals surface area (Å²) in [6, 6.07) is 3.88. The molecule has 0 unspecified atom stereocenters. The quantitative estimate of drug-likeness (QED) is 0.716. The average molecular weight is 184 g/mol. The fraction of sp³-hybridized carbons (Fsp3) is 0.444. The van der Waals surface area contributed by atoms with Crippen LogP contribution in [0.1, 0.15) is 18.9 Å². The highest BCUT2D eigenvalue weighted by Gasteiger charge is 2.24. The van der Waals surface area contributed by atoms with Crippen LogP contribution in [-0.4, -0.2) is 11.7 Å². The minimum absolute atomic E-state index is 0.0463. The van der Waals surface area contributed by atoms with Crippen molar-refractivity contribution >= 4 is 5.69 Å². The Balaban J connectivity index is 0.000000396. The molecule has 4 heteroatoms. The molecule has 1 saturated carbocycles. The first-order valence-corrected chi connectivity index (χ1v) is 4.13. The fourth-order valence-corrected chi connectivity index (χ4v) is 1.17. The number of hydrogen-bond acceptors (Lipinski definition) is 2. The van der Waals surface area contributed by atoms with Gasteiger partial charge in [-0.15, -0.1) is 0 Å². The van der Waals surface area contributed by atoms with Crippen LogP contribution in [0.3, 0.4) is 0 Å². The third-order valence-electron chi connectivity index (χ3n) is 1.94. The smallest absolute Gasteiger partial charge is 0.273 e. The Kier molecular flexibility index (Phi) is 3.06. The Labute approximate surface area is 76.0 Å². The fourth-order valence-electron chi connectivity index (χ4n) is 1.17. The molecule has 0 radical (unpaired) electrons. The van der Waals surface area contributed by atoms with Gasteiger partial charge in [-0.1, -0.05) is 0 Å². The summed E-state index contributed by atoms with van der Waals surface area (Å²) in [4.78, 5) is 11.3. The topological polar surface area (TPSA) is 48.0 Å². The van der Waals surface area contributed by atoms with E-state index >= 15 is 0 Å². The molecule has 1 aliphatic rings. The van der Waals surface area contributed by atoms with E-state index < -0.39 is 0 Å². The molecular weight excluding hydrogens is 171 g/mol. The Bertz CT molecular complexity index is 331. The van der Waals surface area contributed by atoms with Gasteiger partial charge in [0.1, 0.15) is 0 Å². The van der Waals surface area contributed by atoms with Crippen LogP contribution < -0.4 is 11.3 Å². The number of hydrogen-bond donors (Lipinski definition) is 1. The van der Waals surface area contributed by atoms with E-state index in [1.807, 2.05) is 6.07 Å². The third kappa shape index (κ3) is 2.08. The van der Waals surface area contributed by atoms with Crippen LogP contribution in [0.15, 0.2) is 23.1 Å². The second kappa shape index (κ2) is 4.07. The number of nitrogens with zero attached hydrogens (tertiary/aromatic N) is 1. The first kappa shape index (κ1) is 9.77. The Morgan fingerprint density at radius 2 is 2.15 bits per heavy atom. The molecule has 2 N–H and O–H groups in total. The van der Waals surface area contributed by atoms with Crippen molar-refractivity contribution in [3.05, 3.63) is 28.7 Å². The molecule has 2 rings (SSSR count). The highest BCUT2D eigenvalue weighted by Crippen LogP contribution is 2.33. The highest BCUT2D eigenvalue weighted by molar-refractivity contribution is 5.33. The number of pyridine rings is 1. The molecule has 13 heavy (non-hydrogen) atoms. The van der Waals surface area contributed by atoms with Gasteiger partial charge in [0.25, 0.3) is 5.56 Å². The number of alkyl halides is 1. The summed E-state index contributed by atoms with van der Waals surface area (Å²) >= 11 is 0. The van der Waals surface area contributed by atoms with Crippen molar-refractivity contribution < 1.29 is 4.39 Å². The van der Waals surface area contributed by atoms with Gasteiger partial charge in [0.05, 0.1) is 12.9 Å². The lowest BCUT2D eigenvalue weighted by Gasteiger charge is -2.01. The van der Waals surface area contributed by atoms with Crippen molar-refractivity contribution in [3.8, 4) is 0 Å². The van der Waals surface area contributed by atoms with Crippen molar-refractivity contribution in [2.75, 3.05) is 12.9 Å². The summed E-state index contributed by atoms with van der Waals surface area (Å²) in [7, 11) is 0.500. The zero-order valence-corrected chi connectivity index (χ0v) is 7.53. The molecule has 0 aromatic carbocycles. The molecule has 0 spiro atoms. The van der Waals surface area contributed by atoms with Gasteiger partial charge in [-0.3, -0.25) is 9.18 Å². The minimum atomic E-state index is -0.0463. The second-order valence-electron chi connectivity index (χ2n) is 2.91. The van der Waals surface area contributed by atoms with E-state index in [0.717, 1.165) is 12.8 Å². The number of nitrogens with two attached hydrogens (primary N) is 1. The van der Waals surface area contributed by atoms with Crippen molar-refractivity contribution in [1.29, 1.82) is 0 Å². The number of nitrogen functional groups attached to an aromatic ring is 1. The molecule has 0 aliphatic heterocycles. The lowest BCUT2D eigenvalue weighted by atomic mass is 10.4. The largest absolute Gasteiger partial charge is 0.394 e. The van der Waals surface area contributed by atoms with Gasteiger partial charge in [-0.2, -0.15) is 0 Å². The van der Waals surface area contributed by atoms with Crippen LogP contribution in [0.25, 0.3) is 0 Å². The predicted molar refractivity (Wildman–Crippen MR) is 50.4 cm³/mol. The van der Waals surface area contributed by atoms with Gasteiger partial charge >= 0.3 is 0 Å². The molecule has 1 heterocycles. The lowest BCUT2D eigenvalue weighted by molar-refractivity contribution is 0.636. The monoisotopic (exact) mass is 184 g/mol. The lowest BCUT2D eigenvalue weighted by Crippen LogP contribution is -2.20. The summed E-state index contributed by atoms with van der Waals surface area (Å²) in [5.41, 5.74) is 5.75. The van der Waals surface area contributed by atoms with E-state index in [4.69, 9.17) is 5.73 Å². The standard InChI is InChI=1S/C8H10N2O.CH3F/c9-7-2-1-5-10(8(7)11)6-3-4-6;1-2/h1-2,5-6H,3-4,9H2;1H3. The second-order valence-corrected chi connectivity index (χ2v) is 2.91. The molecule has 0 atom stereocenters. The van der Waals surface area contributed by atoms with Crippen molar-refractivity contribution in [2.45, 2.75) is 18.9 Å². The normalized spacial score (nSPS) is 14.6. The van der Waals surface area contributed by atoms with Gasteiger partial charge < -0.3 is 10.3 Å². The predicted octanol–water partition coefficient (Wildman–Crippen LogP) is 1.35. The van der Waals surface area contributed by atoms with Gasteiger partial charge in [0, 0.05) is 12.2 Å². The first-order chi connectivity index (χ1) is 6.29. The molecular formula is C9H13FN2O. The Morgan fingerprint density at radius 3 is 2.69 bits per heavy atom. The molecule has 1 aromatic heterocycles. The Hall–Kier alpha value is -1.32. The molecule has 0 saturated heterocycles. The van der Waals surface area contributed by atoms with Crippen molar-refractivity contribution in [3.63, 3.8) is 0 Å². The number of halogens is 1. The van der Waals surface area contributed by atoms with Crippen LogP contribution in [0.2, 0.25) is 0 Å². The average Bonchev–Trinajstić information content (AvgIpc) is 2.97. The third-order valence-corrected chi connectivity index (χ3v) is 1.94. The minimum Gasteiger partial charge on any atom is -0.394 e. The van der Waals surface area contributed by atoms with E-state index in [9.17, 15) is 9.18 Å². The van der Waals surface area contributed by atoms with Crippen molar-refractivity contribution in [2.24, 2.45) is 0 Å². The molecule has 0 amide bonds. The zero-order valence-electron chi connectivity index (χ0n) is 7.53. The molecule has 1 fully saturated rings.